The Balaban J connectivity index is 1.35. The van der Waals surface area contributed by atoms with E-state index < -0.39 is 17.8 Å². The highest BCUT2D eigenvalue weighted by atomic mass is 16.5. The topological polar surface area (TPSA) is 74.6 Å². The summed E-state index contributed by atoms with van der Waals surface area (Å²) < 4.78 is 5.39. The molecule has 156 valence electrons. The van der Waals surface area contributed by atoms with Gasteiger partial charge in [-0.05, 0) is 25.0 Å². The number of ether oxygens (including phenoxy) is 1. The molecule has 2 saturated heterocycles. The van der Waals surface area contributed by atoms with E-state index in [9.17, 15) is 14.4 Å². The summed E-state index contributed by atoms with van der Waals surface area (Å²) in [5.74, 6) is -1.35. The van der Waals surface area contributed by atoms with E-state index in [0.29, 0.717) is 6.54 Å². The van der Waals surface area contributed by atoms with Crippen LogP contribution in [0, 0.1) is 0 Å². The van der Waals surface area contributed by atoms with Crippen LogP contribution < -0.4 is 9.80 Å². The number of quaternary nitrogens is 1. The van der Waals surface area contributed by atoms with Crippen molar-refractivity contribution >= 4 is 23.5 Å². The third-order valence-electron chi connectivity index (χ3n) is 6.02. The van der Waals surface area contributed by atoms with Gasteiger partial charge in [0.1, 0.15) is 6.54 Å². The number of nitrogens with one attached hydrogen (secondary N) is 1. The first-order valence-electron chi connectivity index (χ1n) is 10.5. The molecular formula is C21H29N4O4+. The quantitative estimate of drug-likeness (QED) is 0.546. The monoisotopic (exact) mass is 401 g/mol. The molecule has 1 aromatic rings. The van der Waals surface area contributed by atoms with Gasteiger partial charge in [0, 0.05) is 30.4 Å². The fraction of sp³-hybridized carbons (Fsp3) is 0.571. The zero-order chi connectivity index (χ0) is 20.4. The molecule has 1 aliphatic carbocycles. The first-order chi connectivity index (χ1) is 14.0. The number of hydrogen-bond donors (Lipinski definition) is 1. The van der Waals surface area contributed by atoms with Crippen molar-refractivity contribution < 1.29 is 24.0 Å². The number of nitrogens with zero attached hydrogens (tertiary/aromatic N) is 3. The second-order valence-electron chi connectivity index (χ2n) is 8.19. The SMILES string of the molecule is C[NH+](Cc1ccc(N2CCOCC2)cc1)CN1C(=O)C(=O)N(C2CCCC2)C1=O. The summed E-state index contributed by atoms with van der Waals surface area (Å²) in [6.45, 7) is 4.16. The van der Waals surface area contributed by atoms with E-state index in [1.165, 1.54) is 10.6 Å². The van der Waals surface area contributed by atoms with Gasteiger partial charge in [0.2, 0.25) is 0 Å². The number of rotatable bonds is 6. The molecule has 1 saturated carbocycles. The summed E-state index contributed by atoms with van der Waals surface area (Å²) in [5.41, 5.74) is 2.30. The van der Waals surface area contributed by atoms with Crippen molar-refractivity contribution in [2.45, 2.75) is 38.3 Å². The Morgan fingerprint density at radius 1 is 1.00 bits per heavy atom. The van der Waals surface area contributed by atoms with E-state index in [1.807, 2.05) is 7.05 Å². The molecule has 1 aromatic carbocycles. The maximum absolute atomic E-state index is 12.7. The molecule has 4 rings (SSSR count). The van der Waals surface area contributed by atoms with Crippen LogP contribution in [0.2, 0.25) is 0 Å². The van der Waals surface area contributed by atoms with E-state index in [4.69, 9.17) is 4.74 Å². The number of anilines is 1. The summed E-state index contributed by atoms with van der Waals surface area (Å²) in [6, 6.07) is 7.80. The predicted molar refractivity (Wildman–Crippen MR) is 106 cm³/mol. The van der Waals surface area contributed by atoms with E-state index in [2.05, 4.69) is 29.2 Å². The molecule has 0 spiro atoms. The average molecular weight is 401 g/mol. The second-order valence-corrected chi connectivity index (χ2v) is 8.19. The van der Waals surface area contributed by atoms with E-state index in [0.717, 1.165) is 67.3 Å². The van der Waals surface area contributed by atoms with Crippen molar-refractivity contribution in [1.29, 1.82) is 0 Å². The van der Waals surface area contributed by atoms with E-state index >= 15 is 0 Å². The Hall–Kier alpha value is -2.45. The number of carbonyl (C=O) groups excluding carboxylic acids is 3. The lowest BCUT2D eigenvalue weighted by molar-refractivity contribution is -0.901. The molecule has 8 nitrogen and oxygen atoms in total. The molecule has 0 aromatic heterocycles. The van der Waals surface area contributed by atoms with Crippen LogP contribution in [0.4, 0.5) is 10.5 Å². The Labute approximate surface area is 171 Å². The standard InChI is InChI=1S/C21H28N4O4/c1-22(14-16-6-8-17(9-7-16)23-10-12-29-13-11-23)15-24-19(26)20(27)25(21(24)28)18-4-2-3-5-18/h6-9,18H,2-5,10-15H2,1H3/p+1. The number of imide groups is 2. The fourth-order valence-corrected chi connectivity index (χ4v) is 4.47. The van der Waals surface area contributed by atoms with Gasteiger partial charge < -0.3 is 14.5 Å². The average Bonchev–Trinajstić information content (AvgIpc) is 3.33. The zero-order valence-electron chi connectivity index (χ0n) is 16.9. The molecular weight excluding hydrogens is 372 g/mol. The molecule has 8 heteroatoms. The summed E-state index contributed by atoms with van der Waals surface area (Å²) in [4.78, 5) is 43.0. The van der Waals surface area contributed by atoms with Gasteiger partial charge >= 0.3 is 17.8 Å². The summed E-state index contributed by atoms with van der Waals surface area (Å²) in [5, 5.41) is 0. The van der Waals surface area contributed by atoms with Crippen molar-refractivity contribution in [3.63, 3.8) is 0 Å². The molecule has 1 N–H and O–H groups in total. The molecule has 3 aliphatic rings. The summed E-state index contributed by atoms with van der Waals surface area (Å²) >= 11 is 0. The Bertz CT molecular complexity index is 769. The van der Waals surface area contributed by atoms with Crippen LogP contribution in [0.5, 0.6) is 0 Å². The first kappa shape index (κ1) is 19.8. The lowest BCUT2D eigenvalue weighted by Crippen LogP contribution is -3.09. The van der Waals surface area contributed by atoms with E-state index in [1.54, 1.807) is 0 Å². The maximum atomic E-state index is 12.7. The van der Waals surface area contributed by atoms with Crippen LogP contribution in [-0.4, -0.2) is 73.7 Å². The normalized spacial score (nSPS) is 22.1. The van der Waals surface area contributed by atoms with Gasteiger partial charge in [-0.15, -0.1) is 0 Å². The second kappa shape index (κ2) is 8.51. The predicted octanol–water partition coefficient (Wildman–Crippen LogP) is 0.229. The molecule has 0 radical (unpaired) electrons. The molecule has 29 heavy (non-hydrogen) atoms. The largest absolute Gasteiger partial charge is 0.378 e. The van der Waals surface area contributed by atoms with Crippen molar-refractivity contribution in [3.05, 3.63) is 29.8 Å². The van der Waals surface area contributed by atoms with Crippen LogP contribution in [0.1, 0.15) is 31.2 Å². The van der Waals surface area contributed by atoms with Gasteiger partial charge in [-0.1, -0.05) is 25.0 Å². The van der Waals surface area contributed by atoms with Crippen LogP contribution in [-0.2, 0) is 20.9 Å². The highest BCUT2D eigenvalue weighted by Crippen LogP contribution is 2.27. The van der Waals surface area contributed by atoms with Gasteiger partial charge in [-0.3, -0.25) is 14.5 Å². The molecule has 1 atom stereocenters. The Morgan fingerprint density at radius 2 is 1.66 bits per heavy atom. The maximum Gasteiger partial charge on any atom is 0.338 e. The van der Waals surface area contributed by atoms with Crippen molar-refractivity contribution in [2.24, 2.45) is 0 Å². The lowest BCUT2D eigenvalue weighted by atomic mass is 10.2. The van der Waals surface area contributed by atoms with E-state index in [-0.39, 0.29) is 12.7 Å². The molecule has 4 amide bonds. The van der Waals surface area contributed by atoms with Crippen LogP contribution >= 0.6 is 0 Å². The third-order valence-corrected chi connectivity index (χ3v) is 6.02. The smallest absolute Gasteiger partial charge is 0.338 e. The molecule has 1 unspecified atom stereocenters. The van der Waals surface area contributed by atoms with Gasteiger partial charge in [-0.2, -0.15) is 0 Å². The lowest BCUT2D eigenvalue weighted by Gasteiger charge is -2.29. The summed E-state index contributed by atoms with van der Waals surface area (Å²) in [6.07, 6.45) is 3.61. The van der Waals surface area contributed by atoms with Crippen LogP contribution in [0.15, 0.2) is 24.3 Å². The van der Waals surface area contributed by atoms with Crippen LogP contribution in [0.3, 0.4) is 0 Å². The highest BCUT2D eigenvalue weighted by molar-refractivity contribution is 6.44. The molecule has 3 fully saturated rings. The third kappa shape index (κ3) is 4.13. The Kier molecular flexibility index (Phi) is 5.82. The van der Waals surface area contributed by atoms with Crippen molar-refractivity contribution in [3.8, 4) is 0 Å². The molecule has 2 aliphatic heterocycles. The van der Waals surface area contributed by atoms with Gasteiger partial charge in [-0.25, -0.2) is 9.69 Å². The number of urea groups is 1. The number of carbonyl (C=O) groups is 3. The van der Waals surface area contributed by atoms with Crippen molar-refractivity contribution in [2.75, 3.05) is 44.9 Å². The minimum atomic E-state index is -0.691. The number of benzene rings is 1. The van der Waals surface area contributed by atoms with Crippen molar-refractivity contribution in [1.82, 2.24) is 9.80 Å². The first-order valence-corrected chi connectivity index (χ1v) is 10.5. The Morgan fingerprint density at radius 3 is 2.31 bits per heavy atom. The minimum absolute atomic E-state index is 0.114. The zero-order valence-corrected chi connectivity index (χ0v) is 16.9. The number of hydrogen-bond acceptors (Lipinski definition) is 5. The summed E-state index contributed by atoms with van der Waals surface area (Å²) in [7, 11) is 1.93. The van der Waals surface area contributed by atoms with Gasteiger partial charge in [0.05, 0.1) is 20.3 Å². The molecule has 0 bridgehead atoms. The van der Waals surface area contributed by atoms with Crippen LogP contribution in [0.25, 0.3) is 0 Å². The van der Waals surface area contributed by atoms with Gasteiger partial charge in [0.15, 0.2) is 6.67 Å². The number of morpholine rings is 1. The fourth-order valence-electron chi connectivity index (χ4n) is 4.47. The van der Waals surface area contributed by atoms with Gasteiger partial charge in [0.25, 0.3) is 0 Å². The minimum Gasteiger partial charge on any atom is -0.378 e. The number of amides is 4. The highest BCUT2D eigenvalue weighted by Gasteiger charge is 2.49. The molecule has 2 heterocycles.